The largest absolute Gasteiger partial charge is 0.216 e. The van der Waals surface area contributed by atoms with Crippen LogP contribution in [-0.2, 0) is 0 Å². The van der Waals surface area contributed by atoms with Crippen LogP contribution in [0.25, 0.3) is 0 Å². The summed E-state index contributed by atoms with van der Waals surface area (Å²) in [5.41, 5.74) is 0. The number of allylic oxidation sites excluding steroid dienone is 1. The van der Waals surface area contributed by atoms with Crippen LogP contribution in [0.4, 0.5) is 4.39 Å². The summed E-state index contributed by atoms with van der Waals surface area (Å²) in [4.78, 5) is 0. The second kappa shape index (κ2) is 8.85. The van der Waals surface area contributed by atoms with Crippen LogP contribution >= 0.6 is 0 Å². The second-order valence-corrected chi connectivity index (χ2v) is 7.29. The van der Waals surface area contributed by atoms with E-state index in [0.717, 1.165) is 30.1 Å². The number of hydrogen-bond acceptors (Lipinski definition) is 0. The first-order valence-electron chi connectivity index (χ1n) is 9.08. The summed E-state index contributed by atoms with van der Waals surface area (Å²) in [6, 6.07) is 0. The van der Waals surface area contributed by atoms with Gasteiger partial charge in [-0.1, -0.05) is 51.5 Å². The van der Waals surface area contributed by atoms with E-state index < -0.39 is 0 Å². The molecule has 0 aromatic rings. The van der Waals surface area contributed by atoms with E-state index in [-0.39, 0.29) is 0 Å². The van der Waals surface area contributed by atoms with Gasteiger partial charge in [-0.2, -0.15) is 0 Å². The fraction of sp³-hybridized carbons (Fsp3) is 0.895. The number of halogens is 1. The van der Waals surface area contributed by atoms with Crippen LogP contribution in [0.5, 0.6) is 0 Å². The van der Waals surface area contributed by atoms with Crippen molar-refractivity contribution in [3.63, 3.8) is 0 Å². The van der Waals surface area contributed by atoms with Crippen molar-refractivity contribution >= 4 is 0 Å². The average Bonchev–Trinajstić information content (AvgIpc) is 2.49. The molecule has 0 spiro atoms. The van der Waals surface area contributed by atoms with Crippen molar-refractivity contribution in [2.75, 3.05) is 0 Å². The lowest BCUT2D eigenvalue weighted by molar-refractivity contribution is 0.141. The maximum absolute atomic E-state index is 12.0. The number of rotatable bonds is 6. The molecule has 0 amide bonds. The lowest BCUT2D eigenvalue weighted by Crippen LogP contribution is -2.25. The molecule has 0 unspecified atom stereocenters. The molecule has 1 heteroatoms. The molecule has 0 N–H and O–H groups in total. The Morgan fingerprint density at radius 3 is 1.75 bits per heavy atom. The third kappa shape index (κ3) is 4.90. The predicted octanol–water partition coefficient (Wildman–Crippen LogP) is 6.66. The van der Waals surface area contributed by atoms with Gasteiger partial charge in [0.05, 0.1) is 6.33 Å². The van der Waals surface area contributed by atoms with E-state index >= 15 is 0 Å². The zero-order chi connectivity index (χ0) is 14.2. The molecule has 0 aromatic carbocycles. The van der Waals surface area contributed by atoms with E-state index in [4.69, 9.17) is 0 Å². The third-order valence-electron chi connectivity index (χ3n) is 5.98. The maximum Gasteiger partial charge on any atom is 0.0827 e. The van der Waals surface area contributed by atoms with Crippen molar-refractivity contribution in [3.8, 4) is 0 Å². The summed E-state index contributed by atoms with van der Waals surface area (Å²) in [5, 5.41) is 0. The summed E-state index contributed by atoms with van der Waals surface area (Å²) in [6.07, 6.45) is 19.1. The van der Waals surface area contributed by atoms with Crippen LogP contribution in [0.2, 0.25) is 0 Å². The maximum atomic E-state index is 12.0. The molecule has 0 radical (unpaired) electrons. The fourth-order valence-corrected chi connectivity index (χ4v) is 4.70. The molecule has 0 nitrogen and oxygen atoms in total. The Morgan fingerprint density at radius 1 is 0.800 bits per heavy atom. The first-order chi connectivity index (χ1) is 9.83. The molecule has 0 heterocycles. The molecule has 2 fully saturated rings. The van der Waals surface area contributed by atoms with Crippen molar-refractivity contribution in [1.29, 1.82) is 0 Å². The van der Waals surface area contributed by atoms with Crippen molar-refractivity contribution in [2.24, 2.45) is 23.7 Å². The molecule has 116 valence electrons. The zero-order valence-electron chi connectivity index (χ0n) is 13.3. The first-order valence-corrected chi connectivity index (χ1v) is 9.08. The van der Waals surface area contributed by atoms with Crippen LogP contribution in [0, 0.1) is 23.7 Å². The van der Waals surface area contributed by atoms with Crippen molar-refractivity contribution in [3.05, 3.63) is 12.4 Å². The van der Waals surface area contributed by atoms with Gasteiger partial charge in [-0.15, -0.1) is 0 Å². The lowest BCUT2D eigenvalue weighted by atomic mass is 9.68. The topological polar surface area (TPSA) is 0 Å². The Labute approximate surface area is 125 Å². The lowest BCUT2D eigenvalue weighted by Gasteiger charge is -2.38. The summed E-state index contributed by atoms with van der Waals surface area (Å²) < 4.78 is 12.0. The highest BCUT2D eigenvalue weighted by atomic mass is 19.1. The molecule has 0 saturated heterocycles. The zero-order valence-corrected chi connectivity index (χ0v) is 13.3. The van der Waals surface area contributed by atoms with Crippen molar-refractivity contribution in [1.82, 2.24) is 0 Å². The molecule has 0 atom stereocenters. The van der Waals surface area contributed by atoms with Gasteiger partial charge in [0, 0.05) is 0 Å². The summed E-state index contributed by atoms with van der Waals surface area (Å²) in [6.45, 7) is 2.32. The van der Waals surface area contributed by atoms with Gasteiger partial charge in [-0.25, -0.2) is 4.39 Å². The van der Waals surface area contributed by atoms with E-state index in [2.05, 4.69) is 6.92 Å². The predicted molar refractivity (Wildman–Crippen MR) is 85.3 cm³/mol. The van der Waals surface area contributed by atoms with Gasteiger partial charge < -0.3 is 0 Å². The average molecular weight is 280 g/mol. The quantitative estimate of drug-likeness (QED) is 0.510. The molecular formula is C19H33F. The van der Waals surface area contributed by atoms with Crippen molar-refractivity contribution in [2.45, 2.75) is 84.0 Å². The SMILES string of the molecule is CCCC1CCC(C2CCC(CC/C=C/F)CC2)CC1. The molecule has 2 aliphatic rings. The molecule has 2 rings (SSSR count). The van der Waals surface area contributed by atoms with E-state index in [9.17, 15) is 4.39 Å². The van der Waals surface area contributed by atoms with E-state index in [1.54, 1.807) is 6.08 Å². The number of hydrogen-bond donors (Lipinski definition) is 0. The normalized spacial score (nSPS) is 35.5. The monoisotopic (exact) mass is 280 g/mol. The Bertz CT molecular complexity index is 267. The third-order valence-corrected chi connectivity index (χ3v) is 5.98. The molecule has 20 heavy (non-hydrogen) atoms. The highest BCUT2D eigenvalue weighted by molar-refractivity contribution is 4.83. The fourth-order valence-electron chi connectivity index (χ4n) is 4.70. The van der Waals surface area contributed by atoms with E-state index in [1.165, 1.54) is 70.6 Å². The first kappa shape index (κ1) is 16.0. The summed E-state index contributed by atoms with van der Waals surface area (Å²) >= 11 is 0. The Hall–Kier alpha value is -0.330. The Morgan fingerprint density at radius 2 is 1.30 bits per heavy atom. The van der Waals surface area contributed by atoms with Crippen molar-refractivity contribution < 1.29 is 4.39 Å². The van der Waals surface area contributed by atoms with Crippen LogP contribution < -0.4 is 0 Å². The van der Waals surface area contributed by atoms with Gasteiger partial charge in [0.2, 0.25) is 0 Å². The van der Waals surface area contributed by atoms with Gasteiger partial charge in [0.25, 0.3) is 0 Å². The summed E-state index contributed by atoms with van der Waals surface area (Å²) in [5.74, 6) is 3.97. The van der Waals surface area contributed by atoms with Crippen LogP contribution in [-0.4, -0.2) is 0 Å². The highest BCUT2D eigenvalue weighted by Crippen LogP contribution is 2.42. The Balaban J connectivity index is 1.64. The van der Waals surface area contributed by atoms with Gasteiger partial charge in [0.15, 0.2) is 0 Å². The molecular weight excluding hydrogens is 247 g/mol. The summed E-state index contributed by atoms with van der Waals surface area (Å²) in [7, 11) is 0. The standard InChI is InChI=1S/C19H33F/c1-2-5-16-7-11-18(12-8-16)19-13-9-17(10-14-19)6-3-4-15-20/h4,15-19H,2-3,5-14H2,1H3/b15-4+. The van der Waals surface area contributed by atoms with Crippen LogP contribution in [0.3, 0.4) is 0 Å². The van der Waals surface area contributed by atoms with E-state index in [0.29, 0.717) is 6.33 Å². The smallest absolute Gasteiger partial charge is 0.0827 e. The Kier molecular flexibility index (Phi) is 7.10. The molecule has 0 bridgehead atoms. The van der Waals surface area contributed by atoms with Gasteiger partial charge in [0.1, 0.15) is 0 Å². The molecule has 2 aliphatic carbocycles. The molecule has 0 aliphatic heterocycles. The molecule has 0 aromatic heterocycles. The van der Waals surface area contributed by atoms with Gasteiger partial charge in [-0.3, -0.25) is 0 Å². The van der Waals surface area contributed by atoms with Crippen LogP contribution in [0.1, 0.15) is 84.0 Å². The highest BCUT2D eigenvalue weighted by Gasteiger charge is 2.30. The van der Waals surface area contributed by atoms with E-state index in [1.807, 2.05) is 0 Å². The minimum absolute atomic E-state index is 0.709. The van der Waals surface area contributed by atoms with Gasteiger partial charge in [-0.05, 0) is 62.2 Å². The minimum atomic E-state index is 0.709. The minimum Gasteiger partial charge on any atom is -0.216 e. The van der Waals surface area contributed by atoms with Crippen LogP contribution in [0.15, 0.2) is 12.4 Å². The second-order valence-electron chi connectivity index (χ2n) is 7.29. The molecule has 2 saturated carbocycles. The van der Waals surface area contributed by atoms with Gasteiger partial charge >= 0.3 is 0 Å².